The second-order valence-corrected chi connectivity index (χ2v) is 5.69. The number of rotatable bonds is 8. The van der Waals surface area contributed by atoms with Crippen molar-refractivity contribution < 1.29 is 14.2 Å². The highest BCUT2D eigenvalue weighted by Crippen LogP contribution is 2.26. The molecule has 21 heavy (non-hydrogen) atoms. The third-order valence-electron chi connectivity index (χ3n) is 3.82. The molecule has 3 heteroatoms. The summed E-state index contributed by atoms with van der Waals surface area (Å²) >= 11 is 0. The molecule has 0 unspecified atom stereocenters. The Bertz CT molecular complexity index is 380. The smallest absolute Gasteiger partial charge is 0.119 e. The van der Waals surface area contributed by atoms with Crippen molar-refractivity contribution in [3.05, 3.63) is 29.8 Å². The second-order valence-electron chi connectivity index (χ2n) is 5.69. The van der Waals surface area contributed by atoms with Crippen LogP contribution in [0.25, 0.3) is 0 Å². The third-order valence-corrected chi connectivity index (χ3v) is 3.82. The third kappa shape index (κ3) is 5.33. The van der Waals surface area contributed by atoms with Gasteiger partial charge < -0.3 is 14.2 Å². The van der Waals surface area contributed by atoms with Crippen molar-refractivity contribution in [2.24, 2.45) is 0 Å². The van der Waals surface area contributed by atoms with Crippen molar-refractivity contribution in [2.75, 3.05) is 19.8 Å². The van der Waals surface area contributed by atoms with Crippen LogP contribution in [0.5, 0.6) is 5.75 Å². The van der Waals surface area contributed by atoms with Crippen LogP contribution in [-0.2, 0) is 9.47 Å². The van der Waals surface area contributed by atoms with Crippen LogP contribution in [0.4, 0.5) is 0 Å². The SMILES string of the molecule is CCCCC[C@H]1CO[C@H](c2ccc(OCCC)cc2)CO1. The predicted octanol–water partition coefficient (Wildman–Crippen LogP) is 4.51. The molecule has 1 aromatic carbocycles. The fourth-order valence-corrected chi connectivity index (χ4v) is 2.52. The highest BCUT2D eigenvalue weighted by molar-refractivity contribution is 5.28. The van der Waals surface area contributed by atoms with E-state index in [0.717, 1.165) is 25.2 Å². The van der Waals surface area contributed by atoms with Gasteiger partial charge in [-0.3, -0.25) is 0 Å². The monoisotopic (exact) mass is 292 g/mol. The molecule has 0 N–H and O–H groups in total. The first-order chi connectivity index (χ1) is 10.3. The standard InChI is InChI=1S/C18H28O3/c1-3-5-6-7-17-13-21-18(14-20-17)15-8-10-16(11-9-15)19-12-4-2/h8-11,17-18H,3-7,12-14H2,1-2H3/t17-,18-/m0/s1. The molecule has 1 fully saturated rings. The summed E-state index contributed by atoms with van der Waals surface area (Å²) in [6.45, 7) is 6.47. The highest BCUT2D eigenvalue weighted by Gasteiger charge is 2.23. The Balaban J connectivity index is 1.76. The minimum atomic E-state index is 0.0626. The largest absolute Gasteiger partial charge is 0.494 e. The van der Waals surface area contributed by atoms with E-state index in [-0.39, 0.29) is 12.2 Å². The maximum absolute atomic E-state index is 5.96. The zero-order chi connectivity index (χ0) is 14.9. The molecule has 118 valence electrons. The molecule has 0 radical (unpaired) electrons. The maximum atomic E-state index is 5.96. The summed E-state index contributed by atoms with van der Waals surface area (Å²) in [5.74, 6) is 0.926. The Morgan fingerprint density at radius 2 is 1.81 bits per heavy atom. The Hall–Kier alpha value is -1.06. The van der Waals surface area contributed by atoms with Gasteiger partial charge in [0.2, 0.25) is 0 Å². The molecule has 0 spiro atoms. The van der Waals surface area contributed by atoms with E-state index in [1.165, 1.54) is 24.8 Å². The summed E-state index contributed by atoms with van der Waals surface area (Å²) in [5.41, 5.74) is 1.17. The molecular weight excluding hydrogens is 264 g/mol. The number of hydrogen-bond donors (Lipinski definition) is 0. The first kappa shape index (κ1) is 16.3. The van der Waals surface area contributed by atoms with Crippen LogP contribution in [0.15, 0.2) is 24.3 Å². The molecule has 0 amide bonds. The molecule has 1 aliphatic rings. The van der Waals surface area contributed by atoms with Crippen LogP contribution in [0.3, 0.4) is 0 Å². The number of ether oxygens (including phenoxy) is 3. The minimum absolute atomic E-state index is 0.0626. The van der Waals surface area contributed by atoms with Gasteiger partial charge >= 0.3 is 0 Å². The lowest BCUT2D eigenvalue weighted by atomic mass is 10.1. The summed E-state index contributed by atoms with van der Waals surface area (Å²) < 4.78 is 17.5. The van der Waals surface area contributed by atoms with Crippen molar-refractivity contribution in [3.63, 3.8) is 0 Å². The molecule has 0 saturated carbocycles. The normalized spacial score (nSPS) is 22.2. The molecule has 0 aliphatic carbocycles. The van der Waals surface area contributed by atoms with Crippen molar-refractivity contribution >= 4 is 0 Å². The van der Waals surface area contributed by atoms with Crippen molar-refractivity contribution in [1.29, 1.82) is 0 Å². The summed E-state index contributed by atoms with van der Waals surface area (Å²) in [4.78, 5) is 0. The summed E-state index contributed by atoms with van der Waals surface area (Å²) in [6.07, 6.45) is 6.25. The van der Waals surface area contributed by atoms with E-state index < -0.39 is 0 Å². The molecule has 1 aliphatic heterocycles. The molecule has 2 atom stereocenters. The molecule has 0 aromatic heterocycles. The number of hydrogen-bond acceptors (Lipinski definition) is 3. The maximum Gasteiger partial charge on any atom is 0.119 e. The van der Waals surface area contributed by atoms with Crippen LogP contribution >= 0.6 is 0 Å². The molecular formula is C18H28O3. The zero-order valence-corrected chi connectivity index (χ0v) is 13.3. The average Bonchev–Trinajstić information content (AvgIpc) is 2.54. The van der Waals surface area contributed by atoms with Crippen LogP contribution in [0, 0.1) is 0 Å². The van der Waals surface area contributed by atoms with Gasteiger partial charge in [-0.15, -0.1) is 0 Å². The predicted molar refractivity (Wildman–Crippen MR) is 84.8 cm³/mol. The molecule has 1 aromatic rings. The summed E-state index contributed by atoms with van der Waals surface area (Å²) in [5, 5.41) is 0. The van der Waals surface area contributed by atoms with E-state index in [4.69, 9.17) is 14.2 Å². The minimum Gasteiger partial charge on any atom is -0.494 e. The molecule has 0 bridgehead atoms. The second kappa shape index (κ2) is 9.06. The average molecular weight is 292 g/mol. The van der Waals surface area contributed by atoms with E-state index in [1.807, 2.05) is 12.1 Å². The molecule has 3 nitrogen and oxygen atoms in total. The fourth-order valence-electron chi connectivity index (χ4n) is 2.52. The molecule has 1 heterocycles. The quantitative estimate of drug-likeness (QED) is 0.660. The van der Waals surface area contributed by atoms with Gasteiger partial charge in [0.05, 0.1) is 25.9 Å². The van der Waals surface area contributed by atoms with Crippen molar-refractivity contribution in [2.45, 2.75) is 58.2 Å². The van der Waals surface area contributed by atoms with Crippen molar-refractivity contribution in [1.82, 2.24) is 0 Å². The van der Waals surface area contributed by atoms with E-state index in [0.29, 0.717) is 13.2 Å². The van der Waals surface area contributed by atoms with Gasteiger partial charge in [0, 0.05) is 0 Å². The van der Waals surface area contributed by atoms with Gasteiger partial charge in [-0.25, -0.2) is 0 Å². The Morgan fingerprint density at radius 3 is 2.43 bits per heavy atom. The topological polar surface area (TPSA) is 27.7 Å². The number of unbranched alkanes of at least 4 members (excludes halogenated alkanes) is 2. The Labute approximate surface area is 128 Å². The van der Waals surface area contributed by atoms with Gasteiger partial charge in [0.25, 0.3) is 0 Å². The van der Waals surface area contributed by atoms with E-state index in [2.05, 4.69) is 26.0 Å². The lowest BCUT2D eigenvalue weighted by molar-refractivity contribution is -0.137. The van der Waals surface area contributed by atoms with Gasteiger partial charge in [-0.2, -0.15) is 0 Å². The first-order valence-electron chi connectivity index (χ1n) is 8.29. The number of benzene rings is 1. The van der Waals surface area contributed by atoms with Crippen LogP contribution < -0.4 is 4.74 Å². The van der Waals surface area contributed by atoms with E-state index in [1.54, 1.807) is 0 Å². The van der Waals surface area contributed by atoms with E-state index in [9.17, 15) is 0 Å². The van der Waals surface area contributed by atoms with Gasteiger partial charge in [0.1, 0.15) is 11.9 Å². The summed E-state index contributed by atoms with van der Waals surface area (Å²) in [7, 11) is 0. The first-order valence-corrected chi connectivity index (χ1v) is 8.29. The summed E-state index contributed by atoms with van der Waals surface area (Å²) in [6, 6.07) is 8.19. The lowest BCUT2D eigenvalue weighted by Crippen LogP contribution is -2.31. The van der Waals surface area contributed by atoms with Gasteiger partial charge in [0.15, 0.2) is 0 Å². The van der Waals surface area contributed by atoms with Gasteiger partial charge in [-0.05, 0) is 30.5 Å². The fraction of sp³-hybridized carbons (Fsp3) is 0.667. The Kier molecular flexibility index (Phi) is 7.04. The Morgan fingerprint density at radius 1 is 1.00 bits per heavy atom. The van der Waals surface area contributed by atoms with Crippen LogP contribution in [-0.4, -0.2) is 25.9 Å². The van der Waals surface area contributed by atoms with Crippen molar-refractivity contribution in [3.8, 4) is 5.75 Å². The highest BCUT2D eigenvalue weighted by atomic mass is 16.6. The van der Waals surface area contributed by atoms with Crippen LogP contribution in [0.1, 0.15) is 57.6 Å². The molecule has 1 saturated heterocycles. The van der Waals surface area contributed by atoms with Crippen LogP contribution in [0.2, 0.25) is 0 Å². The lowest BCUT2D eigenvalue weighted by Gasteiger charge is -2.30. The zero-order valence-electron chi connectivity index (χ0n) is 13.3. The van der Waals surface area contributed by atoms with E-state index >= 15 is 0 Å². The van der Waals surface area contributed by atoms with Gasteiger partial charge in [-0.1, -0.05) is 45.2 Å². The molecule has 2 rings (SSSR count).